The monoisotopic (exact) mass is 440 g/mol. The third-order valence-corrected chi connectivity index (χ3v) is 7.75. The molecule has 0 aliphatic carbocycles. The third-order valence-electron chi connectivity index (χ3n) is 5.64. The van der Waals surface area contributed by atoms with E-state index in [9.17, 15) is 8.42 Å². The summed E-state index contributed by atoms with van der Waals surface area (Å²) in [5.41, 5.74) is 0.382. The first-order valence-electron chi connectivity index (χ1n) is 10.4. The minimum absolute atomic E-state index is 0.163. The highest BCUT2D eigenvalue weighted by Gasteiger charge is 2.34. The smallest absolute Gasteiger partial charge is 0.248 e. The second-order valence-corrected chi connectivity index (χ2v) is 9.71. The number of ether oxygens (including phenoxy) is 2. The lowest BCUT2D eigenvalue weighted by Crippen LogP contribution is -2.43. The van der Waals surface area contributed by atoms with Gasteiger partial charge in [-0.1, -0.05) is 10.3 Å². The normalized spacial score (nSPS) is 21.9. The molecule has 2 aliphatic rings. The SMILES string of the molecule is Cc1noc(C)c1S(=O)(=O)N1CCCC(OCCc2noc(C3CCOCC3)n2)C1. The predicted octanol–water partition coefficient (Wildman–Crippen LogP) is 1.98. The van der Waals surface area contributed by atoms with E-state index in [2.05, 4.69) is 15.3 Å². The van der Waals surface area contributed by atoms with Crippen LogP contribution in [-0.4, -0.2) is 67.0 Å². The van der Waals surface area contributed by atoms with E-state index >= 15 is 0 Å². The molecule has 2 aromatic rings. The van der Waals surface area contributed by atoms with Crippen LogP contribution in [0.15, 0.2) is 13.9 Å². The maximum Gasteiger partial charge on any atom is 0.248 e. The third kappa shape index (κ3) is 4.58. The highest BCUT2D eigenvalue weighted by atomic mass is 32.2. The summed E-state index contributed by atoms with van der Waals surface area (Å²) < 4.78 is 49.3. The highest BCUT2D eigenvalue weighted by Crippen LogP contribution is 2.27. The first-order valence-corrected chi connectivity index (χ1v) is 11.8. The Balaban J connectivity index is 1.30. The van der Waals surface area contributed by atoms with E-state index in [0.717, 1.165) is 38.9 Å². The van der Waals surface area contributed by atoms with Gasteiger partial charge in [-0.2, -0.15) is 9.29 Å². The first-order chi connectivity index (χ1) is 14.4. The zero-order chi connectivity index (χ0) is 21.1. The van der Waals surface area contributed by atoms with Gasteiger partial charge in [-0.3, -0.25) is 0 Å². The Bertz CT molecular complexity index is 931. The van der Waals surface area contributed by atoms with E-state index in [0.29, 0.717) is 49.3 Å². The summed E-state index contributed by atoms with van der Waals surface area (Å²) >= 11 is 0. The molecule has 166 valence electrons. The number of aromatic nitrogens is 3. The molecule has 30 heavy (non-hydrogen) atoms. The van der Waals surface area contributed by atoms with Gasteiger partial charge in [-0.15, -0.1) is 0 Å². The molecule has 2 saturated heterocycles. The van der Waals surface area contributed by atoms with Crippen molar-refractivity contribution >= 4 is 10.0 Å². The van der Waals surface area contributed by atoms with Crippen molar-refractivity contribution in [2.45, 2.75) is 62.9 Å². The second-order valence-electron chi connectivity index (χ2n) is 7.84. The lowest BCUT2D eigenvalue weighted by atomic mass is 10.0. The van der Waals surface area contributed by atoms with Crippen molar-refractivity contribution < 1.29 is 26.9 Å². The molecule has 10 nitrogen and oxygen atoms in total. The quantitative estimate of drug-likeness (QED) is 0.636. The molecular weight excluding hydrogens is 412 g/mol. The van der Waals surface area contributed by atoms with Crippen LogP contribution < -0.4 is 0 Å². The Labute approximate surface area is 175 Å². The van der Waals surface area contributed by atoms with Crippen LogP contribution in [0.1, 0.15) is 54.8 Å². The topological polar surface area (TPSA) is 121 Å². The van der Waals surface area contributed by atoms with Gasteiger partial charge in [0.05, 0.1) is 12.7 Å². The van der Waals surface area contributed by atoms with Crippen LogP contribution >= 0.6 is 0 Å². The Morgan fingerprint density at radius 3 is 2.67 bits per heavy atom. The van der Waals surface area contributed by atoms with Crippen molar-refractivity contribution in [3.8, 4) is 0 Å². The standard InChI is InChI=1S/C19H28N4O6S/c1-13-18(14(2)28-21-13)30(24,25)23-8-3-4-16(12-23)27-11-7-17-20-19(29-22-17)15-5-9-26-10-6-15/h15-16H,3-12H2,1-2H3. The summed E-state index contributed by atoms with van der Waals surface area (Å²) in [4.78, 5) is 4.65. The fraction of sp³-hybridized carbons (Fsp3) is 0.737. The zero-order valence-corrected chi connectivity index (χ0v) is 18.2. The molecule has 2 fully saturated rings. The van der Waals surface area contributed by atoms with E-state index in [1.54, 1.807) is 13.8 Å². The fourth-order valence-electron chi connectivity index (χ4n) is 4.03. The molecule has 0 radical (unpaired) electrons. The number of hydrogen-bond acceptors (Lipinski definition) is 9. The van der Waals surface area contributed by atoms with Crippen LogP contribution in [0, 0.1) is 13.8 Å². The molecule has 11 heteroatoms. The summed E-state index contributed by atoms with van der Waals surface area (Å²) in [6, 6.07) is 0. The lowest BCUT2D eigenvalue weighted by Gasteiger charge is -2.31. The van der Waals surface area contributed by atoms with E-state index in [1.165, 1.54) is 4.31 Å². The van der Waals surface area contributed by atoms with Gasteiger partial charge >= 0.3 is 0 Å². The number of nitrogens with zero attached hydrogens (tertiary/aromatic N) is 4. The molecule has 2 aromatic heterocycles. The predicted molar refractivity (Wildman–Crippen MR) is 105 cm³/mol. The Morgan fingerprint density at radius 1 is 1.13 bits per heavy atom. The Kier molecular flexibility index (Phi) is 6.51. The maximum atomic E-state index is 13.0. The zero-order valence-electron chi connectivity index (χ0n) is 17.4. The molecule has 1 unspecified atom stereocenters. The largest absolute Gasteiger partial charge is 0.381 e. The Morgan fingerprint density at radius 2 is 1.93 bits per heavy atom. The van der Waals surface area contributed by atoms with Gasteiger partial charge in [0.2, 0.25) is 15.9 Å². The Hall–Kier alpha value is -1.82. The van der Waals surface area contributed by atoms with Crippen LogP contribution in [0.25, 0.3) is 0 Å². The van der Waals surface area contributed by atoms with Crippen molar-refractivity contribution in [2.24, 2.45) is 0 Å². The van der Waals surface area contributed by atoms with Crippen molar-refractivity contribution in [1.82, 2.24) is 19.6 Å². The number of hydrogen-bond donors (Lipinski definition) is 0. The van der Waals surface area contributed by atoms with Gasteiger partial charge in [0.15, 0.2) is 11.6 Å². The van der Waals surface area contributed by atoms with Gasteiger partial charge in [0.25, 0.3) is 0 Å². The maximum absolute atomic E-state index is 13.0. The fourth-order valence-corrected chi connectivity index (χ4v) is 5.83. The molecule has 4 heterocycles. The van der Waals surface area contributed by atoms with Crippen LogP contribution in [0.5, 0.6) is 0 Å². The van der Waals surface area contributed by atoms with E-state index < -0.39 is 10.0 Å². The lowest BCUT2D eigenvalue weighted by molar-refractivity contribution is 0.0198. The molecule has 0 N–H and O–H groups in total. The van der Waals surface area contributed by atoms with Crippen LogP contribution in [0.3, 0.4) is 0 Å². The summed E-state index contributed by atoms with van der Waals surface area (Å²) in [5, 5.41) is 7.82. The van der Waals surface area contributed by atoms with Crippen LogP contribution in [0.2, 0.25) is 0 Å². The van der Waals surface area contributed by atoms with Gasteiger partial charge in [-0.25, -0.2) is 8.42 Å². The molecule has 4 rings (SSSR count). The van der Waals surface area contributed by atoms with Crippen molar-refractivity contribution in [3.63, 3.8) is 0 Å². The highest BCUT2D eigenvalue weighted by molar-refractivity contribution is 7.89. The minimum Gasteiger partial charge on any atom is -0.381 e. The molecule has 0 bridgehead atoms. The number of aryl methyl sites for hydroxylation is 2. The van der Waals surface area contributed by atoms with Crippen LogP contribution in [0.4, 0.5) is 0 Å². The molecular formula is C19H28N4O6S. The van der Waals surface area contributed by atoms with E-state index in [1.807, 2.05) is 0 Å². The molecule has 0 spiro atoms. The summed E-state index contributed by atoms with van der Waals surface area (Å²) in [6.07, 6.45) is 3.71. The van der Waals surface area contributed by atoms with Gasteiger partial charge in [0, 0.05) is 38.6 Å². The average molecular weight is 441 g/mol. The second kappa shape index (κ2) is 9.13. The van der Waals surface area contributed by atoms with Crippen molar-refractivity contribution in [2.75, 3.05) is 32.9 Å². The molecule has 0 saturated carbocycles. The summed E-state index contributed by atoms with van der Waals surface area (Å²) in [7, 11) is -3.65. The molecule has 1 atom stereocenters. The minimum atomic E-state index is -3.65. The number of piperidine rings is 1. The van der Waals surface area contributed by atoms with Crippen LogP contribution in [-0.2, 0) is 25.9 Å². The molecule has 0 aromatic carbocycles. The summed E-state index contributed by atoms with van der Waals surface area (Å²) in [6.45, 7) is 5.89. The molecule has 2 aliphatic heterocycles. The van der Waals surface area contributed by atoms with Crippen molar-refractivity contribution in [3.05, 3.63) is 23.2 Å². The summed E-state index contributed by atoms with van der Waals surface area (Å²) in [5.74, 6) is 1.87. The van der Waals surface area contributed by atoms with Crippen molar-refractivity contribution in [1.29, 1.82) is 0 Å². The van der Waals surface area contributed by atoms with Gasteiger partial charge in [0.1, 0.15) is 10.6 Å². The molecule has 0 amide bonds. The number of sulfonamides is 1. The van der Waals surface area contributed by atoms with E-state index in [-0.39, 0.29) is 16.9 Å². The first kappa shape index (κ1) is 21.4. The van der Waals surface area contributed by atoms with Gasteiger partial charge < -0.3 is 18.5 Å². The number of rotatable bonds is 7. The van der Waals surface area contributed by atoms with E-state index in [4.69, 9.17) is 18.5 Å². The van der Waals surface area contributed by atoms with Gasteiger partial charge in [-0.05, 0) is 39.5 Å². The average Bonchev–Trinajstić information content (AvgIpc) is 3.35.